The van der Waals surface area contributed by atoms with Crippen LogP contribution in [-0.2, 0) is 6.42 Å². The maximum absolute atomic E-state index is 11.4. The second kappa shape index (κ2) is 2.94. The summed E-state index contributed by atoms with van der Waals surface area (Å²) in [5.41, 5.74) is 2.33. The third kappa shape index (κ3) is 1.05. The van der Waals surface area contributed by atoms with Gasteiger partial charge in [0.2, 0.25) is 0 Å². The highest BCUT2D eigenvalue weighted by molar-refractivity contribution is 5.48. The first-order valence-corrected chi connectivity index (χ1v) is 4.58. The Morgan fingerprint density at radius 3 is 2.79 bits per heavy atom. The third-order valence-corrected chi connectivity index (χ3v) is 2.42. The SMILES string of the molecule is CCc1nc(C)c(C)c2n[nH]c(=O)n12. The average molecular weight is 192 g/mol. The lowest BCUT2D eigenvalue weighted by molar-refractivity contribution is 0.847. The maximum Gasteiger partial charge on any atom is 0.349 e. The van der Waals surface area contributed by atoms with Crippen molar-refractivity contribution in [2.45, 2.75) is 27.2 Å². The normalized spacial score (nSPS) is 11.1. The van der Waals surface area contributed by atoms with Crippen molar-refractivity contribution >= 4 is 5.65 Å². The first-order valence-electron chi connectivity index (χ1n) is 4.58. The highest BCUT2D eigenvalue weighted by atomic mass is 16.1. The Kier molecular flexibility index (Phi) is 1.87. The van der Waals surface area contributed by atoms with Crippen LogP contribution in [0.2, 0.25) is 0 Å². The van der Waals surface area contributed by atoms with Gasteiger partial charge < -0.3 is 0 Å². The number of hydrogen-bond donors (Lipinski definition) is 1. The van der Waals surface area contributed by atoms with Gasteiger partial charge in [-0.25, -0.2) is 19.3 Å². The van der Waals surface area contributed by atoms with E-state index in [-0.39, 0.29) is 5.69 Å². The van der Waals surface area contributed by atoms with Gasteiger partial charge >= 0.3 is 5.69 Å². The number of nitrogens with one attached hydrogen (secondary N) is 1. The zero-order valence-electron chi connectivity index (χ0n) is 8.46. The highest BCUT2D eigenvalue weighted by Crippen LogP contribution is 2.10. The Labute approximate surface area is 80.8 Å². The summed E-state index contributed by atoms with van der Waals surface area (Å²) >= 11 is 0. The number of fused-ring (bicyclic) bond motifs is 1. The van der Waals surface area contributed by atoms with Crippen LogP contribution in [0.3, 0.4) is 0 Å². The van der Waals surface area contributed by atoms with Crippen molar-refractivity contribution in [2.24, 2.45) is 0 Å². The molecule has 0 amide bonds. The van der Waals surface area contributed by atoms with E-state index in [0.717, 1.165) is 23.5 Å². The summed E-state index contributed by atoms with van der Waals surface area (Å²) in [6.45, 7) is 5.81. The van der Waals surface area contributed by atoms with E-state index < -0.39 is 0 Å². The van der Waals surface area contributed by atoms with Crippen molar-refractivity contribution in [3.8, 4) is 0 Å². The largest absolute Gasteiger partial charge is 0.349 e. The molecule has 0 spiro atoms. The number of rotatable bonds is 1. The molecule has 0 aliphatic rings. The Morgan fingerprint density at radius 2 is 2.14 bits per heavy atom. The number of aromatic amines is 1. The van der Waals surface area contributed by atoms with E-state index in [2.05, 4.69) is 15.2 Å². The zero-order valence-corrected chi connectivity index (χ0v) is 8.46. The van der Waals surface area contributed by atoms with Crippen LogP contribution < -0.4 is 5.69 Å². The molecule has 2 aromatic rings. The Morgan fingerprint density at radius 1 is 1.43 bits per heavy atom. The quantitative estimate of drug-likeness (QED) is 0.719. The molecule has 2 aromatic heterocycles. The molecule has 0 aromatic carbocycles. The Balaban J connectivity index is 3.00. The summed E-state index contributed by atoms with van der Waals surface area (Å²) in [7, 11) is 0. The summed E-state index contributed by atoms with van der Waals surface area (Å²) in [4.78, 5) is 15.8. The first kappa shape index (κ1) is 8.93. The minimum atomic E-state index is -0.215. The van der Waals surface area contributed by atoms with Crippen LogP contribution in [0.4, 0.5) is 0 Å². The molecule has 0 aliphatic heterocycles. The van der Waals surface area contributed by atoms with Gasteiger partial charge in [-0.3, -0.25) is 0 Å². The van der Waals surface area contributed by atoms with Crippen molar-refractivity contribution in [3.05, 3.63) is 27.6 Å². The molecule has 0 atom stereocenters. The molecule has 0 bridgehead atoms. The van der Waals surface area contributed by atoms with Crippen LogP contribution in [0.1, 0.15) is 24.0 Å². The number of aromatic nitrogens is 4. The fourth-order valence-electron chi connectivity index (χ4n) is 1.51. The first-order chi connectivity index (χ1) is 6.65. The van der Waals surface area contributed by atoms with Crippen molar-refractivity contribution < 1.29 is 0 Å². The second-order valence-corrected chi connectivity index (χ2v) is 3.28. The monoisotopic (exact) mass is 192 g/mol. The van der Waals surface area contributed by atoms with Gasteiger partial charge in [0.1, 0.15) is 5.82 Å². The summed E-state index contributed by atoms with van der Waals surface area (Å²) in [5, 5.41) is 6.41. The van der Waals surface area contributed by atoms with Crippen molar-refractivity contribution in [1.29, 1.82) is 0 Å². The van der Waals surface area contributed by atoms with E-state index in [4.69, 9.17) is 0 Å². The summed E-state index contributed by atoms with van der Waals surface area (Å²) in [6.07, 6.45) is 0.719. The maximum atomic E-state index is 11.4. The lowest BCUT2D eigenvalue weighted by Crippen LogP contribution is -2.16. The van der Waals surface area contributed by atoms with Crippen LogP contribution in [0.15, 0.2) is 4.79 Å². The molecule has 0 fully saturated rings. The molecule has 2 heterocycles. The predicted molar refractivity (Wildman–Crippen MR) is 52.5 cm³/mol. The van der Waals surface area contributed by atoms with Gasteiger partial charge in [0, 0.05) is 17.7 Å². The number of hydrogen-bond acceptors (Lipinski definition) is 3. The van der Waals surface area contributed by atoms with Gasteiger partial charge in [0.05, 0.1) is 0 Å². The number of aryl methyl sites for hydroxylation is 3. The molecule has 1 N–H and O–H groups in total. The average Bonchev–Trinajstić information content (AvgIpc) is 2.55. The topological polar surface area (TPSA) is 63.0 Å². The number of nitrogens with zero attached hydrogens (tertiary/aromatic N) is 3. The van der Waals surface area contributed by atoms with E-state index in [1.807, 2.05) is 20.8 Å². The molecule has 0 radical (unpaired) electrons. The van der Waals surface area contributed by atoms with E-state index in [9.17, 15) is 4.79 Å². The van der Waals surface area contributed by atoms with Crippen LogP contribution in [0.5, 0.6) is 0 Å². The lowest BCUT2D eigenvalue weighted by atomic mass is 10.2. The summed E-state index contributed by atoms with van der Waals surface area (Å²) in [6, 6.07) is 0. The smallest absolute Gasteiger partial charge is 0.246 e. The molecule has 2 rings (SSSR count). The van der Waals surface area contributed by atoms with E-state index in [1.165, 1.54) is 4.40 Å². The van der Waals surface area contributed by atoms with Crippen LogP contribution >= 0.6 is 0 Å². The van der Waals surface area contributed by atoms with Crippen molar-refractivity contribution in [2.75, 3.05) is 0 Å². The molecule has 0 unspecified atom stereocenters. The van der Waals surface area contributed by atoms with Crippen LogP contribution in [0, 0.1) is 13.8 Å². The molecule has 0 aliphatic carbocycles. The third-order valence-electron chi connectivity index (χ3n) is 2.42. The van der Waals surface area contributed by atoms with Gasteiger partial charge in [0.15, 0.2) is 5.65 Å². The molecular weight excluding hydrogens is 180 g/mol. The zero-order chi connectivity index (χ0) is 10.3. The van der Waals surface area contributed by atoms with E-state index >= 15 is 0 Å². The standard InChI is InChI=1S/C9H12N4O/c1-4-7-10-6(3)5(2)8-11-12-9(14)13(7)8/h4H2,1-3H3,(H,12,14). The molecule has 14 heavy (non-hydrogen) atoms. The fraction of sp³-hybridized carbons (Fsp3) is 0.444. The second-order valence-electron chi connectivity index (χ2n) is 3.28. The van der Waals surface area contributed by atoms with Gasteiger partial charge in [0.25, 0.3) is 0 Å². The minimum Gasteiger partial charge on any atom is -0.246 e. The molecule has 5 nitrogen and oxygen atoms in total. The van der Waals surface area contributed by atoms with Crippen molar-refractivity contribution in [3.63, 3.8) is 0 Å². The molecule has 0 saturated carbocycles. The van der Waals surface area contributed by atoms with Crippen LogP contribution in [0.25, 0.3) is 5.65 Å². The van der Waals surface area contributed by atoms with Gasteiger partial charge in [-0.1, -0.05) is 6.92 Å². The van der Waals surface area contributed by atoms with Gasteiger partial charge in [-0.05, 0) is 13.8 Å². The molecule has 0 saturated heterocycles. The molecule has 74 valence electrons. The highest BCUT2D eigenvalue weighted by Gasteiger charge is 2.10. The molecule has 5 heteroatoms. The molecular formula is C9H12N4O. The summed E-state index contributed by atoms with van der Waals surface area (Å²) in [5.74, 6) is 0.752. The van der Waals surface area contributed by atoms with Gasteiger partial charge in [-0.15, -0.1) is 0 Å². The van der Waals surface area contributed by atoms with Crippen LogP contribution in [-0.4, -0.2) is 19.6 Å². The Bertz CT molecular complexity index is 537. The fourth-order valence-corrected chi connectivity index (χ4v) is 1.51. The summed E-state index contributed by atoms with van der Waals surface area (Å²) < 4.78 is 1.53. The van der Waals surface area contributed by atoms with Crippen molar-refractivity contribution in [1.82, 2.24) is 19.6 Å². The lowest BCUT2D eigenvalue weighted by Gasteiger charge is -2.04. The predicted octanol–water partition coefficient (Wildman–Crippen LogP) is 0.597. The van der Waals surface area contributed by atoms with Gasteiger partial charge in [-0.2, -0.15) is 5.10 Å². The number of H-pyrrole nitrogens is 1. The van der Waals surface area contributed by atoms with E-state index in [0.29, 0.717) is 5.65 Å². The Hall–Kier alpha value is -1.65. The van der Waals surface area contributed by atoms with E-state index in [1.54, 1.807) is 0 Å². The minimum absolute atomic E-state index is 0.215.